The van der Waals surface area contributed by atoms with E-state index in [-0.39, 0.29) is 36.9 Å². The Morgan fingerprint density at radius 1 is 1.10 bits per heavy atom. The molecule has 214 valence electrons. The van der Waals surface area contributed by atoms with Crippen LogP contribution in [0.4, 0.5) is 18.0 Å². The molecule has 0 fully saturated rings. The van der Waals surface area contributed by atoms with E-state index in [2.05, 4.69) is 15.7 Å². The fourth-order valence-corrected chi connectivity index (χ4v) is 4.07. The van der Waals surface area contributed by atoms with Gasteiger partial charge < -0.3 is 21.2 Å². The summed E-state index contributed by atoms with van der Waals surface area (Å²) in [7, 11) is 0. The molecule has 0 saturated heterocycles. The molecule has 0 radical (unpaired) electrons. The molecule has 40 heavy (non-hydrogen) atoms. The zero-order chi connectivity index (χ0) is 29.5. The summed E-state index contributed by atoms with van der Waals surface area (Å²) in [5.74, 6) is -0.522. The van der Waals surface area contributed by atoms with Crippen molar-refractivity contribution in [2.24, 2.45) is 5.73 Å². The van der Waals surface area contributed by atoms with Crippen LogP contribution in [0.2, 0.25) is 0 Å². The summed E-state index contributed by atoms with van der Waals surface area (Å²) >= 11 is 0. The third kappa shape index (κ3) is 8.58. The van der Waals surface area contributed by atoms with Crippen LogP contribution in [0.1, 0.15) is 53.6 Å². The maximum Gasteiger partial charge on any atom is 0.416 e. The molecular weight excluding hydrogens is 527 g/mol. The van der Waals surface area contributed by atoms with E-state index in [1.807, 2.05) is 6.07 Å². The van der Waals surface area contributed by atoms with Crippen molar-refractivity contribution in [2.75, 3.05) is 5.43 Å². The Morgan fingerprint density at radius 3 is 2.50 bits per heavy atom. The predicted octanol–water partition coefficient (Wildman–Crippen LogP) is 3.98. The molecule has 0 atom stereocenters. The highest BCUT2D eigenvalue weighted by molar-refractivity contribution is 5.78. The van der Waals surface area contributed by atoms with Crippen molar-refractivity contribution in [1.29, 1.82) is 0 Å². The molecule has 2 heterocycles. The highest BCUT2D eigenvalue weighted by Crippen LogP contribution is 2.31. The maximum atomic E-state index is 13.4. The van der Waals surface area contributed by atoms with E-state index >= 15 is 0 Å². The van der Waals surface area contributed by atoms with Crippen molar-refractivity contribution in [1.82, 2.24) is 15.0 Å². The number of ether oxygens (including phenoxy) is 1. The SMILES string of the molecule is Cc1ccn(NCc2cccnc2)c(=O)c1CC(=O)NCc1cc(C(F)(F)F)ccc1CCC(C)(C)OC(N)=O. The minimum atomic E-state index is -4.57. The summed E-state index contributed by atoms with van der Waals surface area (Å²) in [6.45, 7) is 5.14. The lowest BCUT2D eigenvalue weighted by atomic mass is 9.94. The number of nitrogens with two attached hydrogens (primary N) is 1. The van der Waals surface area contributed by atoms with E-state index in [0.29, 0.717) is 17.7 Å². The number of hydrogen-bond acceptors (Lipinski definition) is 6. The van der Waals surface area contributed by atoms with E-state index in [1.165, 1.54) is 10.7 Å². The minimum Gasteiger partial charge on any atom is -0.444 e. The molecule has 0 aliphatic rings. The number of amides is 2. The first-order chi connectivity index (χ1) is 18.7. The van der Waals surface area contributed by atoms with Crippen LogP contribution in [0.5, 0.6) is 0 Å². The lowest BCUT2D eigenvalue weighted by Crippen LogP contribution is -2.34. The summed E-state index contributed by atoms with van der Waals surface area (Å²) in [5, 5.41) is 2.64. The van der Waals surface area contributed by atoms with Gasteiger partial charge in [-0.3, -0.25) is 14.6 Å². The van der Waals surface area contributed by atoms with Crippen LogP contribution < -0.4 is 22.0 Å². The highest BCUT2D eigenvalue weighted by Gasteiger charge is 2.31. The summed E-state index contributed by atoms with van der Waals surface area (Å²) in [6.07, 6.45) is -0.352. The second-order valence-electron chi connectivity index (χ2n) is 9.96. The van der Waals surface area contributed by atoms with E-state index in [0.717, 1.165) is 17.7 Å². The molecule has 2 amide bonds. The second-order valence-corrected chi connectivity index (χ2v) is 9.96. The van der Waals surface area contributed by atoms with Gasteiger partial charge >= 0.3 is 12.3 Å². The fourth-order valence-electron chi connectivity index (χ4n) is 4.07. The third-order valence-electron chi connectivity index (χ3n) is 6.32. The van der Waals surface area contributed by atoms with Crippen LogP contribution >= 0.6 is 0 Å². The predicted molar refractivity (Wildman–Crippen MR) is 143 cm³/mol. The van der Waals surface area contributed by atoms with Gasteiger partial charge in [0, 0.05) is 30.7 Å². The van der Waals surface area contributed by atoms with E-state index in [1.54, 1.807) is 51.5 Å². The molecule has 3 rings (SSSR count). The first kappa shape index (κ1) is 30.2. The average Bonchev–Trinajstić information content (AvgIpc) is 2.87. The Balaban J connectivity index is 1.73. The van der Waals surface area contributed by atoms with Crippen LogP contribution in [0.25, 0.3) is 0 Å². The van der Waals surface area contributed by atoms with Gasteiger partial charge in [-0.05, 0) is 80.1 Å². The fraction of sp³-hybridized carbons (Fsp3) is 0.357. The quantitative estimate of drug-likeness (QED) is 0.326. The van der Waals surface area contributed by atoms with Crippen molar-refractivity contribution in [3.05, 3.63) is 98.7 Å². The molecule has 12 heteroatoms. The van der Waals surface area contributed by atoms with Crippen LogP contribution in [0, 0.1) is 6.92 Å². The largest absolute Gasteiger partial charge is 0.444 e. The Labute approximate surface area is 229 Å². The molecule has 0 aliphatic heterocycles. The number of nitrogens with one attached hydrogen (secondary N) is 2. The Kier molecular flexibility index (Phi) is 9.56. The summed E-state index contributed by atoms with van der Waals surface area (Å²) in [5.41, 5.74) is 8.41. The number of nitrogens with zero attached hydrogens (tertiary/aromatic N) is 2. The van der Waals surface area contributed by atoms with Gasteiger partial charge in [0.1, 0.15) is 5.60 Å². The highest BCUT2D eigenvalue weighted by atomic mass is 19.4. The molecule has 0 saturated carbocycles. The lowest BCUT2D eigenvalue weighted by molar-refractivity contribution is -0.137. The van der Waals surface area contributed by atoms with Gasteiger partial charge in [-0.2, -0.15) is 13.2 Å². The monoisotopic (exact) mass is 559 g/mol. The molecule has 0 bridgehead atoms. The molecule has 1 aromatic carbocycles. The topological polar surface area (TPSA) is 128 Å². The number of hydrogen-bond donors (Lipinski definition) is 3. The number of alkyl halides is 3. The number of aromatic nitrogens is 2. The molecule has 0 aliphatic carbocycles. The second kappa shape index (κ2) is 12.7. The number of pyridine rings is 2. The van der Waals surface area contributed by atoms with Gasteiger partial charge in [-0.15, -0.1) is 0 Å². The van der Waals surface area contributed by atoms with Crippen LogP contribution in [0.3, 0.4) is 0 Å². The summed E-state index contributed by atoms with van der Waals surface area (Å²) < 4.78 is 46.5. The van der Waals surface area contributed by atoms with Gasteiger partial charge in [0.2, 0.25) is 5.91 Å². The van der Waals surface area contributed by atoms with Crippen molar-refractivity contribution in [3.8, 4) is 0 Å². The maximum absolute atomic E-state index is 13.4. The first-order valence-corrected chi connectivity index (χ1v) is 12.5. The Bertz CT molecular complexity index is 1410. The molecule has 0 unspecified atom stereocenters. The van der Waals surface area contributed by atoms with Crippen LogP contribution in [-0.2, 0) is 41.6 Å². The number of rotatable bonds is 11. The van der Waals surface area contributed by atoms with E-state index in [4.69, 9.17) is 10.5 Å². The normalized spacial score (nSPS) is 11.7. The summed E-state index contributed by atoms with van der Waals surface area (Å²) in [4.78, 5) is 41.0. The molecular formula is C28H32F3N5O4. The smallest absolute Gasteiger partial charge is 0.416 e. The van der Waals surface area contributed by atoms with E-state index in [9.17, 15) is 27.6 Å². The number of carbonyl (C=O) groups excluding carboxylic acids is 2. The number of carbonyl (C=O) groups is 2. The zero-order valence-electron chi connectivity index (χ0n) is 22.5. The van der Waals surface area contributed by atoms with Gasteiger partial charge in [-0.25, -0.2) is 9.47 Å². The molecule has 2 aromatic heterocycles. The Hall–Kier alpha value is -4.35. The van der Waals surface area contributed by atoms with Crippen molar-refractivity contribution in [3.63, 3.8) is 0 Å². The number of benzene rings is 1. The van der Waals surface area contributed by atoms with E-state index < -0.39 is 34.9 Å². The van der Waals surface area contributed by atoms with Crippen LogP contribution in [-0.4, -0.2) is 27.3 Å². The van der Waals surface area contributed by atoms with Crippen molar-refractivity contribution in [2.45, 2.75) is 64.9 Å². The zero-order valence-corrected chi connectivity index (χ0v) is 22.5. The van der Waals surface area contributed by atoms with Gasteiger partial charge in [0.15, 0.2) is 0 Å². The molecule has 3 aromatic rings. The van der Waals surface area contributed by atoms with Gasteiger partial charge in [0.05, 0.1) is 18.5 Å². The van der Waals surface area contributed by atoms with Crippen molar-refractivity contribution >= 4 is 12.0 Å². The molecule has 9 nitrogen and oxygen atoms in total. The average molecular weight is 560 g/mol. The van der Waals surface area contributed by atoms with Gasteiger partial charge in [0.25, 0.3) is 5.56 Å². The van der Waals surface area contributed by atoms with Gasteiger partial charge in [-0.1, -0.05) is 12.1 Å². The standard InChI is InChI=1S/C28H32F3N5O4/c1-18-9-12-36(35-16-19-5-4-11-33-15-19)25(38)23(18)14-24(37)34-17-21-13-22(28(29,30)31)7-6-20(21)8-10-27(2,3)40-26(32)39/h4-7,9,11-13,15,35H,8,10,14,16-17H2,1-3H3,(H2,32,39)(H,34,37). The lowest BCUT2D eigenvalue weighted by Gasteiger charge is -2.24. The first-order valence-electron chi connectivity index (χ1n) is 12.5. The number of aryl methyl sites for hydroxylation is 2. The molecule has 0 spiro atoms. The number of halogens is 3. The summed E-state index contributed by atoms with van der Waals surface area (Å²) in [6, 6.07) is 8.62. The van der Waals surface area contributed by atoms with Crippen molar-refractivity contribution < 1.29 is 27.5 Å². The molecule has 4 N–H and O–H groups in total. The third-order valence-corrected chi connectivity index (χ3v) is 6.32. The minimum absolute atomic E-state index is 0.186. The Morgan fingerprint density at radius 2 is 1.85 bits per heavy atom. The van der Waals surface area contributed by atoms with Crippen LogP contribution in [0.15, 0.2) is 59.8 Å². The number of primary amides is 1.